The Labute approximate surface area is 212 Å². The highest BCUT2D eigenvalue weighted by atomic mass is 35.5. The first kappa shape index (κ1) is 26.2. The van der Waals surface area contributed by atoms with Gasteiger partial charge in [-0.25, -0.2) is 9.37 Å². The van der Waals surface area contributed by atoms with Gasteiger partial charge in [-0.1, -0.05) is 22.9 Å². The van der Waals surface area contributed by atoms with Crippen molar-refractivity contribution in [2.45, 2.75) is 18.2 Å². The lowest BCUT2D eigenvalue weighted by Crippen LogP contribution is -2.43. The molecule has 0 saturated carbocycles. The minimum Gasteiger partial charge on any atom is -0.379 e. The summed E-state index contributed by atoms with van der Waals surface area (Å²) in [5.74, 6) is 0.399. The number of carbonyl (C=O) groups excluding carboxylic acids is 1. The number of aromatic nitrogens is 1. The van der Waals surface area contributed by atoms with E-state index in [1.54, 1.807) is 28.8 Å². The van der Waals surface area contributed by atoms with Gasteiger partial charge in [0.25, 0.3) is 0 Å². The number of rotatable bonds is 8. The molecule has 3 aromatic rings. The molecule has 0 atom stereocenters. The van der Waals surface area contributed by atoms with Gasteiger partial charge in [0, 0.05) is 48.3 Å². The highest BCUT2D eigenvalue weighted by molar-refractivity contribution is 7.99. The molecule has 1 aliphatic rings. The van der Waals surface area contributed by atoms with Gasteiger partial charge >= 0.3 is 0 Å². The zero-order valence-corrected chi connectivity index (χ0v) is 21.5. The Morgan fingerprint density at radius 3 is 2.73 bits per heavy atom. The van der Waals surface area contributed by atoms with Crippen molar-refractivity contribution in [2.75, 3.05) is 50.0 Å². The lowest BCUT2D eigenvalue weighted by Gasteiger charge is -2.29. The summed E-state index contributed by atoms with van der Waals surface area (Å²) in [5, 5.41) is 1.38. The van der Waals surface area contributed by atoms with Crippen LogP contribution in [0.5, 0.6) is 0 Å². The summed E-state index contributed by atoms with van der Waals surface area (Å²) in [6.07, 6.45) is 0.376. The van der Waals surface area contributed by atoms with Crippen LogP contribution in [-0.2, 0) is 9.53 Å². The Morgan fingerprint density at radius 2 is 2.00 bits per heavy atom. The lowest BCUT2D eigenvalue weighted by molar-refractivity contribution is -0.118. The van der Waals surface area contributed by atoms with Gasteiger partial charge in [-0.2, -0.15) is 0 Å². The van der Waals surface area contributed by atoms with Gasteiger partial charge in [0.1, 0.15) is 5.82 Å². The molecule has 0 bridgehead atoms. The lowest BCUT2D eigenvalue weighted by atomic mass is 10.2. The second kappa shape index (κ2) is 12.3. The molecule has 1 aromatic heterocycles. The van der Waals surface area contributed by atoms with Crippen LogP contribution in [0.2, 0.25) is 5.02 Å². The Hall–Kier alpha value is -1.42. The molecule has 10 heteroatoms. The molecule has 1 amide bonds. The van der Waals surface area contributed by atoms with E-state index >= 15 is 0 Å². The van der Waals surface area contributed by atoms with E-state index in [-0.39, 0.29) is 24.1 Å². The first-order chi connectivity index (χ1) is 15.5. The van der Waals surface area contributed by atoms with Gasteiger partial charge in [-0.15, -0.1) is 24.2 Å². The van der Waals surface area contributed by atoms with Crippen LogP contribution < -0.4 is 4.90 Å². The molecule has 178 valence electrons. The number of hydrogen-bond donors (Lipinski definition) is 0. The van der Waals surface area contributed by atoms with Crippen molar-refractivity contribution in [1.29, 1.82) is 0 Å². The van der Waals surface area contributed by atoms with Crippen LogP contribution >= 0.6 is 47.1 Å². The van der Waals surface area contributed by atoms with E-state index in [1.807, 2.05) is 19.1 Å². The van der Waals surface area contributed by atoms with E-state index in [2.05, 4.69) is 4.90 Å². The van der Waals surface area contributed by atoms with E-state index in [0.29, 0.717) is 28.9 Å². The van der Waals surface area contributed by atoms with Gasteiger partial charge in [-0.05, 0) is 48.9 Å². The van der Waals surface area contributed by atoms with Gasteiger partial charge in [-0.3, -0.25) is 14.6 Å². The summed E-state index contributed by atoms with van der Waals surface area (Å²) in [6.45, 7) is 6.52. The maximum Gasteiger partial charge on any atom is 0.229 e. The standard InChI is InChI=1S/C23H25ClFN3O2S2.ClH/c1-16-14-17(24)15-20-22(16)26-23(32-20)28(8-7-27-9-11-30-12-10-27)21(29)6-13-31-19-4-2-18(25)3-5-19;/h2-5,14-15H,6-13H2,1H3;1H. The Morgan fingerprint density at radius 1 is 1.27 bits per heavy atom. The molecule has 4 rings (SSSR count). The van der Waals surface area contributed by atoms with Crippen LogP contribution in [0.15, 0.2) is 41.3 Å². The number of benzene rings is 2. The van der Waals surface area contributed by atoms with E-state index in [1.165, 1.54) is 23.5 Å². The second-order valence-corrected chi connectivity index (χ2v) is 10.2. The van der Waals surface area contributed by atoms with Crippen molar-refractivity contribution in [3.05, 3.63) is 52.8 Å². The average Bonchev–Trinajstić information content (AvgIpc) is 3.20. The van der Waals surface area contributed by atoms with Crippen LogP contribution in [0.1, 0.15) is 12.0 Å². The van der Waals surface area contributed by atoms with Gasteiger partial charge < -0.3 is 4.74 Å². The molecule has 1 aliphatic heterocycles. The fraction of sp³-hybridized carbons (Fsp3) is 0.391. The number of anilines is 1. The number of fused-ring (bicyclic) bond motifs is 1. The second-order valence-electron chi connectivity index (χ2n) is 7.62. The maximum absolute atomic E-state index is 13.2. The topological polar surface area (TPSA) is 45.7 Å². The SMILES string of the molecule is Cc1cc(Cl)cc2sc(N(CCN3CCOCC3)C(=O)CCSc3ccc(F)cc3)nc12.Cl. The third-order valence-electron chi connectivity index (χ3n) is 5.31. The summed E-state index contributed by atoms with van der Waals surface area (Å²) >= 11 is 9.28. The van der Waals surface area contributed by atoms with Crippen LogP contribution in [0.25, 0.3) is 10.2 Å². The molecular weight excluding hydrogens is 504 g/mol. The van der Waals surface area contributed by atoms with Crippen molar-refractivity contribution in [2.24, 2.45) is 0 Å². The van der Waals surface area contributed by atoms with Gasteiger partial charge in [0.05, 0.1) is 23.4 Å². The first-order valence-electron chi connectivity index (χ1n) is 10.5. The predicted octanol–water partition coefficient (Wildman–Crippen LogP) is 5.67. The maximum atomic E-state index is 13.2. The number of halogens is 3. The van der Waals surface area contributed by atoms with E-state index in [0.717, 1.165) is 53.5 Å². The summed E-state index contributed by atoms with van der Waals surface area (Å²) in [5.41, 5.74) is 1.89. The minimum atomic E-state index is -0.258. The number of ether oxygens (including phenoxy) is 1. The number of nitrogens with zero attached hydrogens (tertiary/aromatic N) is 3. The normalized spacial score (nSPS) is 14.3. The van der Waals surface area contributed by atoms with Crippen LogP contribution in [0.4, 0.5) is 9.52 Å². The molecular formula is C23H26Cl2FN3O2S2. The molecule has 0 spiro atoms. The summed E-state index contributed by atoms with van der Waals surface area (Å²) in [6, 6.07) is 10.1. The minimum absolute atomic E-state index is 0. The van der Waals surface area contributed by atoms with Crippen molar-refractivity contribution >= 4 is 68.4 Å². The zero-order chi connectivity index (χ0) is 22.5. The number of hydrogen-bond acceptors (Lipinski definition) is 6. The Balaban J connectivity index is 0.00000306. The van der Waals surface area contributed by atoms with Crippen molar-refractivity contribution in [1.82, 2.24) is 9.88 Å². The number of carbonyl (C=O) groups is 1. The first-order valence-corrected chi connectivity index (χ1v) is 12.7. The zero-order valence-electron chi connectivity index (χ0n) is 18.3. The molecule has 0 aliphatic carbocycles. The van der Waals surface area contributed by atoms with Crippen molar-refractivity contribution in [3.8, 4) is 0 Å². The average molecular weight is 531 g/mol. The molecule has 2 heterocycles. The van der Waals surface area contributed by atoms with Gasteiger partial charge in [0.15, 0.2) is 5.13 Å². The summed E-state index contributed by atoms with van der Waals surface area (Å²) in [4.78, 5) is 23.1. The third-order valence-corrected chi connectivity index (χ3v) is 7.57. The van der Waals surface area contributed by atoms with E-state index in [4.69, 9.17) is 21.3 Å². The molecule has 2 aromatic carbocycles. The molecule has 0 unspecified atom stereocenters. The number of morpholine rings is 1. The van der Waals surface area contributed by atoms with Crippen LogP contribution in [0, 0.1) is 12.7 Å². The number of thiazole rings is 1. The van der Waals surface area contributed by atoms with Gasteiger partial charge in [0.2, 0.25) is 5.91 Å². The smallest absolute Gasteiger partial charge is 0.229 e. The molecule has 1 fully saturated rings. The summed E-state index contributed by atoms with van der Waals surface area (Å²) in [7, 11) is 0. The highest BCUT2D eigenvalue weighted by Crippen LogP contribution is 2.33. The van der Waals surface area contributed by atoms with E-state index < -0.39 is 0 Å². The fourth-order valence-electron chi connectivity index (χ4n) is 3.57. The molecule has 5 nitrogen and oxygen atoms in total. The van der Waals surface area contributed by atoms with Crippen molar-refractivity contribution < 1.29 is 13.9 Å². The monoisotopic (exact) mass is 529 g/mol. The number of aryl methyl sites for hydroxylation is 1. The van der Waals surface area contributed by atoms with Crippen LogP contribution in [0.3, 0.4) is 0 Å². The third kappa shape index (κ3) is 7.04. The fourth-order valence-corrected chi connectivity index (χ4v) is 5.88. The number of thioether (sulfide) groups is 1. The summed E-state index contributed by atoms with van der Waals surface area (Å²) < 4.78 is 19.5. The molecule has 33 heavy (non-hydrogen) atoms. The van der Waals surface area contributed by atoms with Crippen LogP contribution in [-0.4, -0.2) is 60.9 Å². The van der Waals surface area contributed by atoms with E-state index in [9.17, 15) is 9.18 Å². The highest BCUT2D eigenvalue weighted by Gasteiger charge is 2.22. The largest absolute Gasteiger partial charge is 0.379 e. The Bertz CT molecular complexity index is 1080. The number of amides is 1. The Kier molecular flexibility index (Phi) is 9.79. The molecule has 0 radical (unpaired) electrons. The quantitative estimate of drug-likeness (QED) is 0.352. The molecule has 0 N–H and O–H groups in total. The predicted molar refractivity (Wildman–Crippen MR) is 138 cm³/mol. The molecule has 1 saturated heterocycles. The van der Waals surface area contributed by atoms with Crippen molar-refractivity contribution in [3.63, 3.8) is 0 Å².